The van der Waals surface area contributed by atoms with E-state index < -0.39 is 5.97 Å². The summed E-state index contributed by atoms with van der Waals surface area (Å²) in [7, 11) is 0. The molecule has 2 aromatic rings. The molecule has 0 saturated carbocycles. The van der Waals surface area contributed by atoms with Gasteiger partial charge in [-0.3, -0.25) is 0 Å². The van der Waals surface area contributed by atoms with E-state index in [1.54, 1.807) is 11.3 Å². The Bertz CT molecular complexity index is 670. The monoisotopic (exact) mass is 422 g/mol. The molecule has 0 radical (unpaired) electrons. The summed E-state index contributed by atoms with van der Waals surface area (Å²) < 4.78 is 1.16. The van der Waals surface area contributed by atoms with E-state index in [4.69, 9.17) is 0 Å². The van der Waals surface area contributed by atoms with Gasteiger partial charge in [0.2, 0.25) is 0 Å². The number of rotatable bonds is 16. The van der Waals surface area contributed by atoms with Gasteiger partial charge in [0.1, 0.15) is 4.88 Å². The number of aromatic carboxylic acids is 1. The Morgan fingerprint density at radius 1 is 0.857 bits per heavy atom. The summed E-state index contributed by atoms with van der Waals surface area (Å²) in [4.78, 5) is 12.5. The minimum Gasteiger partial charge on any atom is -0.477 e. The molecule has 0 amide bonds. The fourth-order valence-corrected chi connectivity index (χ4v) is 6.30. The molecule has 2 rings (SSSR count). The van der Waals surface area contributed by atoms with Crippen molar-refractivity contribution in [3.05, 3.63) is 21.2 Å². The van der Waals surface area contributed by atoms with Crippen molar-refractivity contribution in [2.24, 2.45) is 0 Å². The molecule has 0 atom stereocenters. The molecule has 2 heterocycles. The number of unbranched alkanes of at least 4 members (excludes halogenated alkanes) is 10. The van der Waals surface area contributed by atoms with E-state index >= 15 is 0 Å². The minimum absolute atomic E-state index is 0.409. The van der Waals surface area contributed by atoms with Crippen LogP contribution in [0.1, 0.15) is 125 Å². The number of thiophene rings is 2. The van der Waals surface area contributed by atoms with Crippen molar-refractivity contribution in [1.82, 2.24) is 0 Å². The molecule has 0 saturated heterocycles. The van der Waals surface area contributed by atoms with Crippen LogP contribution in [0.3, 0.4) is 0 Å². The third kappa shape index (κ3) is 7.18. The zero-order valence-electron chi connectivity index (χ0n) is 17.8. The fourth-order valence-electron chi connectivity index (χ4n) is 4.19. The highest BCUT2D eigenvalue weighted by Gasteiger charge is 2.24. The van der Waals surface area contributed by atoms with E-state index in [-0.39, 0.29) is 0 Å². The van der Waals surface area contributed by atoms with Crippen molar-refractivity contribution in [2.75, 3.05) is 0 Å². The highest BCUT2D eigenvalue weighted by atomic mass is 32.1. The van der Waals surface area contributed by atoms with Crippen molar-refractivity contribution in [3.8, 4) is 0 Å². The molecule has 2 nitrogen and oxygen atoms in total. The topological polar surface area (TPSA) is 37.3 Å². The van der Waals surface area contributed by atoms with E-state index in [1.165, 1.54) is 93.8 Å². The van der Waals surface area contributed by atoms with Crippen LogP contribution in [0.2, 0.25) is 0 Å². The molecule has 0 aliphatic heterocycles. The average molecular weight is 423 g/mol. The van der Waals surface area contributed by atoms with Gasteiger partial charge in [0.25, 0.3) is 0 Å². The molecule has 0 aliphatic rings. The fraction of sp³-hybridized carbons (Fsp3) is 0.708. The maximum absolute atomic E-state index is 11.9. The second-order valence-corrected chi connectivity index (χ2v) is 9.91. The van der Waals surface area contributed by atoms with Gasteiger partial charge in [-0.25, -0.2) is 4.79 Å². The Hall–Kier alpha value is -0.870. The number of carbonyl (C=O) groups is 1. The van der Waals surface area contributed by atoms with Crippen molar-refractivity contribution in [2.45, 2.75) is 110 Å². The molecule has 28 heavy (non-hydrogen) atoms. The Morgan fingerprint density at radius 3 is 1.93 bits per heavy atom. The summed E-state index contributed by atoms with van der Waals surface area (Å²) in [6.45, 7) is 4.51. The third-order valence-electron chi connectivity index (χ3n) is 5.79. The standard InChI is InChI=1S/C24H38O2S2/c1-3-5-7-9-11-13-15-19(16-14-12-10-8-6-4-2)22-20-17-27-18-21(20)28-23(22)24(25)26/h17-19H,3-16H2,1-2H3,(H,25,26). The van der Waals surface area contributed by atoms with Gasteiger partial charge in [0.05, 0.1) is 0 Å². The van der Waals surface area contributed by atoms with Crippen LogP contribution in [-0.4, -0.2) is 11.1 Å². The van der Waals surface area contributed by atoms with Gasteiger partial charge < -0.3 is 5.11 Å². The lowest BCUT2D eigenvalue weighted by Gasteiger charge is -2.18. The van der Waals surface area contributed by atoms with Crippen molar-refractivity contribution in [1.29, 1.82) is 0 Å². The average Bonchev–Trinajstić information content (AvgIpc) is 3.27. The van der Waals surface area contributed by atoms with Gasteiger partial charge in [0.15, 0.2) is 0 Å². The zero-order valence-corrected chi connectivity index (χ0v) is 19.4. The second kappa shape index (κ2) is 13.4. The number of hydrogen-bond acceptors (Lipinski definition) is 3. The number of hydrogen-bond donors (Lipinski definition) is 1. The predicted octanol–water partition coefficient (Wildman–Crippen LogP) is 9.25. The molecular formula is C24H38O2S2. The molecule has 2 aromatic heterocycles. The number of carboxylic acid groups (broad SMARTS) is 1. The van der Waals surface area contributed by atoms with Crippen LogP contribution in [-0.2, 0) is 0 Å². The quantitative estimate of drug-likeness (QED) is 0.274. The molecule has 0 aliphatic carbocycles. The van der Waals surface area contributed by atoms with Crippen LogP contribution in [0.5, 0.6) is 0 Å². The first-order valence-electron chi connectivity index (χ1n) is 11.4. The van der Waals surface area contributed by atoms with Crippen LogP contribution < -0.4 is 0 Å². The summed E-state index contributed by atoms with van der Waals surface area (Å²) in [5, 5.41) is 15.3. The van der Waals surface area contributed by atoms with Crippen molar-refractivity contribution < 1.29 is 9.90 Å². The number of carboxylic acids is 1. The first-order valence-corrected chi connectivity index (χ1v) is 13.2. The molecule has 4 heteroatoms. The second-order valence-electron chi connectivity index (χ2n) is 8.11. The lowest BCUT2D eigenvalue weighted by Crippen LogP contribution is -2.05. The normalized spacial score (nSPS) is 11.7. The molecule has 0 spiro atoms. The van der Waals surface area contributed by atoms with E-state index in [2.05, 4.69) is 24.6 Å². The molecule has 0 aromatic carbocycles. The SMILES string of the molecule is CCCCCCCCC(CCCCCCCC)c1c(C(=O)O)sc2cscc12. The smallest absolute Gasteiger partial charge is 0.346 e. The minimum atomic E-state index is -0.739. The highest BCUT2D eigenvalue weighted by molar-refractivity contribution is 7.24. The lowest BCUT2D eigenvalue weighted by atomic mass is 9.87. The molecule has 158 valence electrons. The largest absolute Gasteiger partial charge is 0.477 e. The molecular weight excluding hydrogens is 384 g/mol. The Labute approximate surface area is 179 Å². The van der Waals surface area contributed by atoms with Crippen molar-refractivity contribution in [3.63, 3.8) is 0 Å². The molecule has 0 fully saturated rings. The zero-order chi connectivity index (χ0) is 20.2. The maximum atomic E-state index is 11.9. The summed E-state index contributed by atoms with van der Waals surface area (Å²) in [6, 6.07) is 0. The Morgan fingerprint density at radius 2 is 1.39 bits per heavy atom. The van der Waals surface area contributed by atoms with E-state index in [9.17, 15) is 9.90 Å². The lowest BCUT2D eigenvalue weighted by molar-refractivity contribution is 0.0700. The molecule has 0 unspecified atom stereocenters. The first-order chi connectivity index (χ1) is 13.7. The van der Waals surface area contributed by atoms with Crippen LogP contribution in [0.15, 0.2) is 10.8 Å². The van der Waals surface area contributed by atoms with E-state index in [1.807, 2.05) is 0 Å². The summed E-state index contributed by atoms with van der Waals surface area (Å²) in [6.07, 6.45) is 17.9. The van der Waals surface area contributed by atoms with Crippen molar-refractivity contribution >= 4 is 38.7 Å². The van der Waals surface area contributed by atoms with Crippen LogP contribution >= 0.6 is 22.7 Å². The molecule has 0 bridgehead atoms. The van der Waals surface area contributed by atoms with Gasteiger partial charge in [-0.2, -0.15) is 11.3 Å². The van der Waals surface area contributed by atoms with Crippen LogP contribution in [0.4, 0.5) is 0 Å². The summed E-state index contributed by atoms with van der Waals surface area (Å²) in [5.41, 5.74) is 1.15. The predicted molar refractivity (Wildman–Crippen MR) is 125 cm³/mol. The van der Waals surface area contributed by atoms with Gasteiger partial charge in [-0.15, -0.1) is 11.3 Å². The summed E-state index contributed by atoms with van der Waals surface area (Å²) >= 11 is 3.18. The highest BCUT2D eigenvalue weighted by Crippen LogP contribution is 2.42. The Kier molecular flexibility index (Phi) is 11.2. The molecule has 1 N–H and O–H groups in total. The van der Waals surface area contributed by atoms with Gasteiger partial charge in [-0.05, 0) is 29.7 Å². The van der Waals surface area contributed by atoms with Gasteiger partial charge in [0, 0.05) is 15.5 Å². The third-order valence-corrected chi connectivity index (χ3v) is 7.84. The van der Waals surface area contributed by atoms with E-state index in [0.717, 1.165) is 23.1 Å². The Balaban J connectivity index is 2.01. The number of fused-ring (bicyclic) bond motifs is 1. The van der Waals surface area contributed by atoms with Gasteiger partial charge >= 0.3 is 5.97 Å². The first kappa shape index (κ1) is 23.4. The maximum Gasteiger partial charge on any atom is 0.346 e. The summed E-state index contributed by atoms with van der Waals surface area (Å²) in [5.74, 6) is -0.330. The van der Waals surface area contributed by atoms with E-state index in [0.29, 0.717) is 10.8 Å². The van der Waals surface area contributed by atoms with Crippen LogP contribution in [0, 0.1) is 0 Å². The van der Waals surface area contributed by atoms with Gasteiger partial charge in [-0.1, -0.05) is 90.9 Å². The van der Waals surface area contributed by atoms with Crippen LogP contribution in [0.25, 0.3) is 10.1 Å².